The Bertz CT molecular complexity index is 960. The van der Waals surface area contributed by atoms with Crippen molar-refractivity contribution in [3.8, 4) is 11.3 Å². The van der Waals surface area contributed by atoms with Gasteiger partial charge in [0.05, 0.1) is 0 Å². The van der Waals surface area contributed by atoms with E-state index in [0.717, 1.165) is 52.9 Å². The normalized spacial score (nSPS) is 17.8. The van der Waals surface area contributed by atoms with Crippen LogP contribution in [0.3, 0.4) is 0 Å². The molecule has 1 saturated heterocycles. The van der Waals surface area contributed by atoms with Crippen LogP contribution in [-0.4, -0.2) is 32.4 Å². The maximum absolute atomic E-state index is 6.03. The minimum atomic E-state index is 0.0188. The number of aryl methyl sites for hydroxylation is 3. The van der Waals surface area contributed by atoms with Gasteiger partial charge in [-0.25, -0.2) is 15.0 Å². The summed E-state index contributed by atoms with van der Waals surface area (Å²) in [6.45, 7) is 7.07. The lowest BCUT2D eigenvalue weighted by molar-refractivity contribution is -0.0309. The average Bonchev–Trinajstić information content (AvgIpc) is 2.97. The molecule has 0 spiro atoms. The van der Waals surface area contributed by atoms with E-state index in [1.54, 1.807) is 11.8 Å². The van der Waals surface area contributed by atoms with Gasteiger partial charge in [0.2, 0.25) is 0 Å². The van der Waals surface area contributed by atoms with Crippen molar-refractivity contribution in [2.45, 2.75) is 51.4 Å². The summed E-state index contributed by atoms with van der Waals surface area (Å²) in [5.74, 6) is 0.936. The highest BCUT2D eigenvalue weighted by Gasteiger charge is 2.24. The van der Waals surface area contributed by atoms with Crippen LogP contribution in [0.2, 0.25) is 0 Å². The molecule has 6 heteroatoms. The highest BCUT2D eigenvalue weighted by atomic mass is 32.2. The monoisotopic (exact) mass is 368 g/mol. The minimum absolute atomic E-state index is 0.0188. The summed E-state index contributed by atoms with van der Waals surface area (Å²) in [5.41, 5.74) is 6.23. The number of rotatable bonds is 3. The molecule has 1 aromatic carbocycles. The molecular weight excluding hydrogens is 344 g/mol. The van der Waals surface area contributed by atoms with Gasteiger partial charge in [-0.15, -0.1) is 0 Å². The number of hydrogen-bond donors (Lipinski definition) is 0. The predicted octanol–water partition coefficient (Wildman–Crippen LogP) is 4.84. The highest BCUT2D eigenvalue weighted by Crippen LogP contribution is 2.34. The Balaban J connectivity index is 1.96. The Hall–Kier alpha value is -1.92. The van der Waals surface area contributed by atoms with Crippen LogP contribution >= 0.6 is 11.8 Å². The fourth-order valence-electron chi connectivity index (χ4n) is 3.69. The van der Waals surface area contributed by atoms with E-state index in [9.17, 15) is 0 Å². The Morgan fingerprint density at radius 3 is 2.65 bits per heavy atom. The summed E-state index contributed by atoms with van der Waals surface area (Å²) in [6.07, 6.45) is 5.33. The van der Waals surface area contributed by atoms with Crippen LogP contribution in [0.25, 0.3) is 22.4 Å². The molecule has 1 unspecified atom stereocenters. The van der Waals surface area contributed by atoms with Crippen molar-refractivity contribution >= 4 is 22.9 Å². The van der Waals surface area contributed by atoms with Crippen LogP contribution in [0, 0.1) is 20.8 Å². The first-order valence-electron chi connectivity index (χ1n) is 9.08. The molecule has 136 valence electrons. The number of nitrogens with zero attached hydrogens (tertiary/aromatic N) is 4. The molecule has 4 rings (SSSR count). The first-order valence-corrected chi connectivity index (χ1v) is 10.3. The minimum Gasteiger partial charge on any atom is -0.358 e. The smallest absolute Gasteiger partial charge is 0.189 e. The first-order chi connectivity index (χ1) is 12.6. The third-order valence-corrected chi connectivity index (χ3v) is 5.51. The second kappa shape index (κ2) is 7.00. The predicted molar refractivity (Wildman–Crippen MR) is 106 cm³/mol. The standard InChI is InChI=1S/C20H24N4OS/c1-12-8-9-15(13(2)11-12)17-18-19(23-20(22-17)26-4)24(14(3)21-18)16-7-5-6-10-25-16/h8-9,11,16H,5-7,10H2,1-4H3. The van der Waals surface area contributed by atoms with Crippen molar-refractivity contribution in [1.29, 1.82) is 0 Å². The van der Waals surface area contributed by atoms with Crippen LogP contribution in [0.5, 0.6) is 0 Å². The second-order valence-corrected chi connectivity index (χ2v) is 7.67. The molecular formula is C20H24N4OS. The Labute approximate surface area is 158 Å². The van der Waals surface area contributed by atoms with Gasteiger partial charge >= 0.3 is 0 Å². The van der Waals surface area contributed by atoms with Crippen molar-refractivity contribution < 1.29 is 4.74 Å². The topological polar surface area (TPSA) is 52.8 Å². The third-order valence-electron chi connectivity index (χ3n) is 4.96. The zero-order chi connectivity index (χ0) is 18.3. The van der Waals surface area contributed by atoms with Gasteiger partial charge < -0.3 is 4.74 Å². The molecule has 3 aromatic rings. The molecule has 2 aromatic heterocycles. The zero-order valence-electron chi connectivity index (χ0n) is 15.7. The van der Waals surface area contributed by atoms with Gasteiger partial charge in [0, 0.05) is 12.2 Å². The Morgan fingerprint density at radius 2 is 1.96 bits per heavy atom. The van der Waals surface area contributed by atoms with Gasteiger partial charge in [-0.05, 0) is 51.9 Å². The molecule has 5 nitrogen and oxygen atoms in total. The van der Waals surface area contributed by atoms with E-state index in [1.807, 2.05) is 13.2 Å². The van der Waals surface area contributed by atoms with E-state index in [4.69, 9.17) is 19.7 Å². The molecule has 3 heterocycles. The van der Waals surface area contributed by atoms with Crippen LogP contribution < -0.4 is 0 Å². The highest BCUT2D eigenvalue weighted by molar-refractivity contribution is 7.98. The van der Waals surface area contributed by atoms with Crippen molar-refractivity contribution in [1.82, 2.24) is 19.5 Å². The zero-order valence-corrected chi connectivity index (χ0v) is 16.6. The van der Waals surface area contributed by atoms with Crippen LogP contribution in [0.4, 0.5) is 0 Å². The summed E-state index contributed by atoms with van der Waals surface area (Å²) in [4.78, 5) is 14.5. The van der Waals surface area contributed by atoms with E-state index in [1.165, 1.54) is 17.5 Å². The van der Waals surface area contributed by atoms with Gasteiger partial charge in [0.25, 0.3) is 0 Å². The second-order valence-electron chi connectivity index (χ2n) is 6.90. The van der Waals surface area contributed by atoms with E-state index in [2.05, 4.69) is 36.6 Å². The molecule has 1 atom stereocenters. The summed E-state index contributed by atoms with van der Waals surface area (Å²) in [5, 5.41) is 0.768. The largest absolute Gasteiger partial charge is 0.358 e. The Morgan fingerprint density at radius 1 is 1.12 bits per heavy atom. The maximum Gasteiger partial charge on any atom is 0.189 e. The Kier molecular flexibility index (Phi) is 4.71. The summed E-state index contributed by atoms with van der Waals surface area (Å²) >= 11 is 1.56. The third kappa shape index (κ3) is 3.01. The molecule has 0 radical (unpaired) electrons. The van der Waals surface area contributed by atoms with Gasteiger partial charge in [-0.2, -0.15) is 0 Å². The molecule has 1 aliphatic rings. The maximum atomic E-state index is 6.03. The lowest BCUT2D eigenvalue weighted by atomic mass is 10.0. The molecule has 0 saturated carbocycles. The van der Waals surface area contributed by atoms with Crippen molar-refractivity contribution in [2.24, 2.45) is 0 Å². The number of hydrogen-bond acceptors (Lipinski definition) is 5. The van der Waals surface area contributed by atoms with Crippen LogP contribution in [0.15, 0.2) is 23.4 Å². The van der Waals surface area contributed by atoms with Gasteiger partial charge in [-0.3, -0.25) is 4.57 Å². The molecule has 0 N–H and O–H groups in total. The SMILES string of the molecule is CSc1nc(-c2ccc(C)cc2C)c2nc(C)n(C3CCCCO3)c2n1. The molecule has 1 fully saturated rings. The van der Waals surface area contributed by atoms with E-state index >= 15 is 0 Å². The van der Waals surface area contributed by atoms with E-state index < -0.39 is 0 Å². The average molecular weight is 369 g/mol. The number of aromatic nitrogens is 4. The molecule has 0 amide bonds. The van der Waals surface area contributed by atoms with Gasteiger partial charge in [0.1, 0.15) is 23.3 Å². The van der Waals surface area contributed by atoms with Gasteiger partial charge in [-0.1, -0.05) is 35.5 Å². The molecule has 26 heavy (non-hydrogen) atoms. The van der Waals surface area contributed by atoms with Crippen LogP contribution in [-0.2, 0) is 4.74 Å². The summed E-state index contributed by atoms with van der Waals surface area (Å²) in [6, 6.07) is 6.46. The quantitative estimate of drug-likeness (QED) is 0.489. The number of fused-ring (bicyclic) bond motifs is 1. The van der Waals surface area contributed by atoms with E-state index in [0.29, 0.717) is 0 Å². The molecule has 0 bridgehead atoms. The fraction of sp³-hybridized carbons (Fsp3) is 0.450. The fourth-order valence-corrected chi connectivity index (χ4v) is 4.05. The molecule has 0 aliphatic carbocycles. The number of benzene rings is 1. The summed E-state index contributed by atoms with van der Waals surface area (Å²) in [7, 11) is 0. The van der Waals surface area contributed by atoms with Crippen molar-refractivity contribution in [3.05, 3.63) is 35.2 Å². The number of ether oxygens (including phenoxy) is 1. The lowest BCUT2D eigenvalue weighted by Crippen LogP contribution is -2.19. The van der Waals surface area contributed by atoms with Crippen molar-refractivity contribution in [3.63, 3.8) is 0 Å². The number of thioether (sulfide) groups is 1. The summed E-state index contributed by atoms with van der Waals surface area (Å²) < 4.78 is 8.18. The van der Waals surface area contributed by atoms with Gasteiger partial charge in [0.15, 0.2) is 10.8 Å². The lowest BCUT2D eigenvalue weighted by Gasteiger charge is -2.25. The molecule has 1 aliphatic heterocycles. The van der Waals surface area contributed by atoms with E-state index in [-0.39, 0.29) is 6.23 Å². The number of imidazole rings is 1. The van der Waals surface area contributed by atoms with Crippen molar-refractivity contribution in [2.75, 3.05) is 12.9 Å². The first kappa shape index (κ1) is 17.5. The van der Waals surface area contributed by atoms with Crippen LogP contribution in [0.1, 0.15) is 42.4 Å².